The van der Waals surface area contributed by atoms with Gasteiger partial charge in [-0.1, -0.05) is 81.8 Å². The highest BCUT2D eigenvalue weighted by molar-refractivity contribution is 5.73. The summed E-state index contributed by atoms with van der Waals surface area (Å²) in [4.78, 5) is 0. The van der Waals surface area contributed by atoms with Gasteiger partial charge in [0.2, 0.25) is 0 Å². The number of hydrogen-bond acceptors (Lipinski definition) is 2. The first kappa shape index (κ1) is 23.0. The van der Waals surface area contributed by atoms with Crippen LogP contribution in [0.3, 0.4) is 0 Å². The molecule has 4 rings (SSSR count). The van der Waals surface area contributed by atoms with E-state index >= 15 is 0 Å². The van der Waals surface area contributed by atoms with Gasteiger partial charge in [0.1, 0.15) is 5.82 Å². The number of aryl methyl sites for hydroxylation is 4. The topological polar surface area (TPSA) is 30.7 Å². The number of unbranched alkanes of at least 4 members (excludes halogenated alkanes) is 1. The first-order chi connectivity index (χ1) is 15.9. The van der Waals surface area contributed by atoms with Gasteiger partial charge in [-0.2, -0.15) is 0 Å². The lowest BCUT2D eigenvalue weighted by Crippen LogP contribution is -2.09. The van der Waals surface area contributed by atoms with Gasteiger partial charge in [-0.25, -0.2) is 0 Å². The highest BCUT2D eigenvalue weighted by Gasteiger charge is 2.21. The van der Waals surface area contributed by atoms with E-state index in [1.165, 1.54) is 51.9 Å². The van der Waals surface area contributed by atoms with Crippen LogP contribution in [-0.2, 0) is 6.42 Å². The fraction of sp³-hybridized carbons (Fsp3) is 0.333. The Morgan fingerprint density at radius 2 is 1.48 bits per heavy atom. The van der Waals surface area contributed by atoms with E-state index < -0.39 is 0 Å². The number of aromatic nitrogens is 3. The predicted molar refractivity (Wildman–Crippen MR) is 139 cm³/mol. The maximum Gasteiger partial charge on any atom is 0.168 e. The van der Waals surface area contributed by atoms with E-state index in [2.05, 4.69) is 112 Å². The van der Waals surface area contributed by atoms with Gasteiger partial charge in [0.15, 0.2) is 5.82 Å². The Bertz CT molecular complexity index is 1240. The SMILES string of the molecule is CCCCc1cc(C)c(-n2c(-c3cccc(-c4ccccc4C)c3)nnc2C(C)C)c(C)c1. The lowest BCUT2D eigenvalue weighted by molar-refractivity contribution is 0.742. The summed E-state index contributed by atoms with van der Waals surface area (Å²) in [6.07, 6.45) is 3.56. The zero-order valence-electron chi connectivity index (χ0n) is 20.8. The van der Waals surface area contributed by atoms with Gasteiger partial charge < -0.3 is 0 Å². The molecule has 0 aliphatic rings. The maximum atomic E-state index is 4.71. The van der Waals surface area contributed by atoms with Gasteiger partial charge in [-0.15, -0.1) is 10.2 Å². The minimum absolute atomic E-state index is 0.268. The molecule has 1 heterocycles. The van der Waals surface area contributed by atoms with Crippen molar-refractivity contribution in [2.24, 2.45) is 0 Å². The molecular weight excluding hydrogens is 402 g/mol. The summed E-state index contributed by atoms with van der Waals surface area (Å²) in [7, 11) is 0. The van der Waals surface area contributed by atoms with Gasteiger partial charge in [0.25, 0.3) is 0 Å². The molecule has 4 aromatic rings. The quantitative estimate of drug-likeness (QED) is 0.293. The standard InChI is InChI=1S/C30H35N3/c1-7-8-13-24-17-22(5)28(23(6)18-24)33-29(20(2)3)31-32-30(33)26-15-11-14-25(19-26)27-16-10-9-12-21(27)4/h9-12,14-20H,7-8,13H2,1-6H3. The molecular formula is C30H35N3. The van der Waals surface area contributed by atoms with Crippen molar-refractivity contribution in [2.45, 2.75) is 66.7 Å². The lowest BCUT2D eigenvalue weighted by Gasteiger charge is -2.19. The van der Waals surface area contributed by atoms with E-state index in [-0.39, 0.29) is 5.92 Å². The van der Waals surface area contributed by atoms with Crippen LogP contribution in [0.5, 0.6) is 0 Å². The highest BCUT2D eigenvalue weighted by Crippen LogP contribution is 2.33. The molecule has 0 aliphatic carbocycles. The molecule has 0 bridgehead atoms. The summed E-state index contributed by atoms with van der Waals surface area (Å²) >= 11 is 0. The normalized spacial score (nSPS) is 11.4. The summed E-state index contributed by atoms with van der Waals surface area (Å²) in [5.41, 5.74) is 9.99. The van der Waals surface area contributed by atoms with Crippen LogP contribution in [0.15, 0.2) is 60.7 Å². The summed E-state index contributed by atoms with van der Waals surface area (Å²) in [5, 5.41) is 9.36. The van der Waals surface area contributed by atoms with E-state index in [1.54, 1.807) is 0 Å². The molecule has 0 N–H and O–H groups in total. The van der Waals surface area contributed by atoms with Crippen LogP contribution in [0, 0.1) is 20.8 Å². The molecule has 170 valence electrons. The van der Waals surface area contributed by atoms with Crippen molar-refractivity contribution < 1.29 is 0 Å². The molecule has 0 fully saturated rings. The van der Waals surface area contributed by atoms with Gasteiger partial charge in [-0.05, 0) is 73.1 Å². The summed E-state index contributed by atoms with van der Waals surface area (Å²) in [6.45, 7) is 13.2. The Morgan fingerprint density at radius 3 is 2.15 bits per heavy atom. The fourth-order valence-electron chi connectivity index (χ4n) is 4.72. The minimum atomic E-state index is 0.268. The van der Waals surface area contributed by atoms with Crippen molar-refractivity contribution in [3.63, 3.8) is 0 Å². The Hall–Kier alpha value is -3.20. The van der Waals surface area contributed by atoms with Crippen molar-refractivity contribution in [1.82, 2.24) is 14.8 Å². The van der Waals surface area contributed by atoms with E-state index in [0.717, 1.165) is 23.6 Å². The third-order valence-electron chi connectivity index (χ3n) is 6.37. The van der Waals surface area contributed by atoms with Crippen molar-refractivity contribution >= 4 is 0 Å². The van der Waals surface area contributed by atoms with Crippen molar-refractivity contribution in [3.8, 4) is 28.2 Å². The summed E-state index contributed by atoms with van der Waals surface area (Å²) in [5.74, 6) is 2.17. The maximum absolute atomic E-state index is 4.71. The summed E-state index contributed by atoms with van der Waals surface area (Å²) < 4.78 is 2.29. The van der Waals surface area contributed by atoms with Crippen LogP contribution in [0.1, 0.15) is 67.6 Å². The van der Waals surface area contributed by atoms with E-state index in [1.807, 2.05) is 0 Å². The molecule has 1 aromatic heterocycles. The minimum Gasteiger partial charge on any atom is -0.278 e. The van der Waals surface area contributed by atoms with Gasteiger partial charge >= 0.3 is 0 Å². The van der Waals surface area contributed by atoms with Crippen LogP contribution in [0.4, 0.5) is 0 Å². The van der Waals surface area contributed by atoms with Crippen molar-refractivity contribution in [1.29, 1.82) is 0 Å². The lowest BCUT2D eigenvalue weighted by atomic mass is 9.98. The molecule has 3 heteroatoms. The molecule has 0 aliphatic heterocycles. The third kappa shape index (κ3) is 4.64. The molecule has 0 atom stereocenters. The largest absolute Gasteiger partial charge is 0.278 e. The molecule has 0 spiro atoms. The number of benzene rings is 3. The van der Waals surface area contributed by atoms with Crippen LogP contribution in [0.2, 0.25) is 0 Å². The number of rotatable bonds is 7. The Labute approximate surface area is 198 Å². The average Bonchev–Trinajstić information content (AvgIpc) is 3.23. The second-order valence-electron chi connectivity index (χ2n) is 9.45. The van der Waals surface area contributed by atoms with E-state index in [0.29, 0.717) is 0 Å². The van der Waals surface area contributed by atoms with Crippen LogP contribution >= 0.6 is 0 Å². The fourth-order valence-corrected chi connectivity index (χ4v) is 4.72. The van der Waals surface area contributed by atoms with Crippen LogP contribution in [0.25, 0.3) is 28.2 Å². The molecule has 0 saturated heterocycles. The van der Waals surface area contributed by atoms with E-state index in [4.69, 9.17) is 5.10 Å². The van der Waals surface area contributed by atoms with Gasteiger partial charge in [0, 0.05) is 11.5 Å². The number of nitrogens with zero attached hydrogens (tertiary/aromatic N) is 3. The molecule has 0 saturated carbocycles. The van der Waals surface area contributed by atoms with Crippen molar-refractivity contribution in [3.05, 3.63) is 88.7 Å². The Morgan fingerprint density at radius 1 is 0.788 bits per heavy atom. The molecule has 0 radical (unpaired) electrons. The highest BCUT2D eigenvalue weighted by atomic mass is 15.3. The molecule has 3 aromatic carbocycles. The van der Waals surface area contributed by atoms with Gasteiger partial charge in [0.05, 0.1) is 5.69 Å². The van der Waals surface area contributed by atoms with Crippen LogP contribution < -0.4 is 0 Å². The molecule has 0 unspecified atom stereocenters. The van der Waals surface area contributed by atoms with Crippen LogP contribution in [-0.4, -0.2) is 14.8 Å². The average molecular weight is 438 g/mol. The number of hydrogen-bond donors (Lipinski definition) is 0. The van der Waals surface area contributed by atoms with E-state index in [9.17, 15) is 0 Å². The second kappa shape index (κ2) is 9.74. The first-order valence-electron chi connectivity index (χ1n) is 12.1. The molecule has 33 heavy (non-hydrogen) atoms. The Balaban J connectivity index is 1.88. The predicted octanol–water partition coefficient (Wildman–Crippen LogP) is 7.99. The van der Waals surface area contributed by atoms with Crippen molar-refractivity contribution in [2.75, 3.05) is 0 Å². The molecule has 3 nitrogen and oxygen atoms in total. The zero-order valence-corrected chi connectivity index (χ0v) is 20.8. The zero-order chi connectivity index (χ0) is 23.5. The van der Waals surface area contributed by atoms with Gasteiger partial charge in [-0.3, -0.25) is 4.57 Å². The Kier molecular flexibility index (Phi) is 6.78. The summed E-state index contributed by atoms with van der Waals surface area (Å²) in [6, 6.07) is 21.9. The first-order valence-corrected chi connectivity index (χ1v) is 12.1. The second-order valence-corrected chi connectivity index (χ2v) is 9.45. The molecule has 0 amide bonds. The monoisotopic (exact) mass is 437 g/mol. The third-order valence-corrected chi connectivity index (χ3v) is 6.37. The smallest absolute Gasteiger partial charge is 0.168 e.